The maximum absolute atomic E-state index is 12.2. The van der Waals surface area contributed by atoms with Gasteiger partial charge in [0.15, 0.2) is 0 Å². The summed E-state index contributed by atoms with van der Waals surface area (Å²) in [6.07, 6.45) is 0. The van der Waals surface area contributed by atoms with Crippen molar-refractivity contribution < 1.29 is 18.3 Å². The topological polar surface area (TPSA) is 92.9 Å². The molecule has 0 atom stereocenters. The molecule has 0 bridgehead atoms. The SMILES string of the molecule is CCOc1ccc(N)cc1S(=O)(=O)N(C)CCO. The molecule has 18 heavy (non-hydrogen) atoms. The highest BCUT2D eigenvalue weighted by atomic mass is 32.2. The molecule has 6 nitrogen and oxygen atoms in total. The summed E-state index contributed by atoms with van der Waals surface area (Å²) in [6.45, 7) is 1.89. The van der Waals surface area contributed by atoms with Crippen molar-refractivity contribution in [2.45, 2.75) is 11.8 Å². The van der Waals surface area contributed by atoms with E-state index in [1.165, 1.54) is 19.2 Å². The number of hydrogen-bond acceptors (Lipinski definition) is 5. The summed E-state index contributed by atoms with van der Waals surface area (Å²) in [6, 6.07) is 4.46. The lowest BCUT2D eigenvalue weighted by Gasteiger charge is -2.18. The largest absolute Gasteiger partial charge is 0.492 e. The van der Waals surface area contributed by atoms with Gasteiger partial charge in [0, 0.05) is 19.3 Å². The number of rotatable bonds is 6. The van der Waals surface area contributed by atoms with Crippen LogP contribution in [0.1, 0.15) is 6.92 Å². The Bertz CT molecular complexity index is 502. The number of nitrogens with zero attached hydrogens (tertiary/aromatic N) is 1. The van der Waals surface area contributed by atoms with E-state index in [1.807, 2.05) is 0 Å². The Morgan fingerprint density at radius 2 is 2.11 bits per heavy atom. The van der Waals surface area contributed by atoms with Crippen molar-refractivity contribution in [3.63, 3.8) is 0 Å². The number of benzene rings is 1. The van der Waals surface area contributed by atoms with Crippen molar-refractivity contribution in [3.8, 4) is 5.75 Å². The molecule has 7 heteroatoms. The molecule has 0 unspecified atom stereocenters. The Balaban J connectivity index is 3.25. The van der Waals surface area contributed by atoms with E-state index < -0.39 is 10.0 Å². The molecule has 1 rings (SSSR count). The van der Waals surface area contributed by atoms with Crippen molar-refractivity contribution in [1.82, 2.24) is 4.31 Å². The van der Waals surface area contributed by atoms with E-state index in [2.05, 4.69) is 0 Å². The highest BCUT2D eigenvalue weighted by molar-refractivity contribution is 7.89. The Hall–Kier alpha value is -1.31. The molecule has 1 aromatic carbocycles. The number of ether oxygens (including phenoxy) is 1. The number of sulfonamides is 1. The van der Waals surface area contributed by atoms with Gasteiger partial charge in [-0.1, -0.05) is 0 Å². The molecule has 3 N–H and O–H groups in total. The molecule has 0 spiro atoms. The van der Waals surface area contributed by atoms with Crippen LogP contribution in [0.4, 0.5) is 5.69 Å². The van der Waals surface area contributed by atoms with Gasteiger partial charge in [-0.15, -0.1) is 0 Å². The highest BCUT2D eigenvalue weighted by Crippen LogP contribution is 2.28. The third kappa shape index (κ3) is 3.12. The summed E-state index contributed by atoms with van der Waals surface area (Å²) in [5.41, 5.74) is 5.95. The highest BCUT2D eigenvalue weighted by Gasteiger charge is 2.24. The first-order valence-corrected chi connectivity index (χ1v) is 6.97. The van der Waals surface area contributed by atoms with E-state index in [-0.39, 0.29) is 23.8 Å². The van der Waals surface area contributed by atoms with Gasteiger partial charge >= 0.3 is 0 Å². The average molecular weight is 274 g/mol. The fourth-order valence-corrected chi connectivity index (χ4v) is 2.75. The molecule has 102 valence electrons. The molecule has 0 saturated heterocycles. The lowest BCUT2D eigenvalue weighted by Crippen LogP contribution is -2.30. The molecule has 0 aliphatic heterocycles. The van der Waals surface area contributed by atoms with Crippen LogP contribution < -0.4 is 10.5 Å². The quantitative estimate of drug-likeness (QED) is 0.727. The first kappa shape index (κ1) is 14.7. The molecule has 0 aliphatic rings. The van der Waals surface area contributed by atoms with Crippen molar-refractivity contribution in [2.24, 2.45) is 0 Å². The normalized spacial score (nSPS) is 11.8. The summed E-state index contributed by atoms with van der Waals surface area (Å²) >= 11 is 0. The molecular formula is C11H18N2O4S. The molecular weight excluding hydrogens is 256 g/mol. The second kappa shape index (κ2) is 6.03. The smallest absolute Gasteiger partial charge is 0.246 e. The number of aliphatic hydroxyl groups excluding tert-OH is 1. The van der Waals surface area contributed by atoms with Gasteiger partial charge in [-0.05, 0) is 25.1 Å². The minimum atomic E-state index is -3.71. The number of nitrogen functional groups attached to an aromatic ring is 1. The van der Waals surface area contributed by atoms with Crippen LogP contribution in [-0.4, -0.2) is 44.6 Å². The van der Waals surface area contributed by atoms with E-state index in [0.717, 1.165) is 4.31 Å². The Labute approximate surface area is 107 Å². The van der Waals surface area contributed by atoms with Crippen LogP contribution in [0.15, 0.2) is 23.1 Å². The summed E-state index contributed by atoms with van der Waals surface area (Å²) in [7, 11) is -2.31. The summed E-state index contributed by atoms with van der Waals surface area (Å²) in [5, 5.41) is 8.81. The zero-order valence-corrected chi connectivity index (χ0v) is 11.3. The third-order valence-corrected chi connectivity index (χ3v) is 4.25. The second-order valence-corrected chi connectivity index (χ2v) is 5.70. The lowest BCUT2D eigenvalue weighted by molar-refractivity contribution is 0.266. The van der Waals surface area contributed by atoms with Crippen molar-refractivity contribution in [3.05, 3.63) is 18.2 Å². The zero-order valence-electron chi connectivity index (χ0n) is 10.5. The Morgan fingerprint density at radius 3 is 2.67 bits per heavy atom. The molecule has 0 radical (unpaired) electrons. The molecule has 0 aromatic heterocycles. The lowest BCUT2D eigenvalue weighted by atomic mass is 10.3. The van der Waals surface area contributed by atoms with Crippen LogP contribution in [0.3, 0.4) is 0 Å². The molecule has 0 fully saturated rings. The summed E-state index contributed by atoms with van der Waals surface area (Å²) < 4.78 is 30.8. The average Bonchev–Trinajstić information content (AvgIpc) is 2.32. The van der Waals surface area contributed by atoms with Gasteiger partial charge in [-0.25, -0.2) is 8.42 Å². The second-order valence-electron chi connectivity index (χ2n) is 3.69. The van der Waals surface area contributed by atoms with Crippen LogP contribution in [0.2, 0.25) is 0 Å². The molecule has 1 aromatic rings. The Kier molecular flexibility index (Phi) is 4.94. The first-order chi connectivity index (χ1) is 8.43. The van der Waals surface area contributed by atoms with Crippen LogP contribution >= 0.6 is 0 Å². The van der Waals surface area contributed by atoms with Gasteiger partial charge in [0.25, 0.3) is 0 Å². The number of hydrogen-bond donors (Lipinski definition) is 2. The number of nitrogens with two attached hydrogens (primary N) is 1. The minimum Gasteiger partial charge on any atom is -0.492 e. The van der Waals surface area contributed by atoms with Crippen LogP contribution in [0, 0.1) is 0 Å². The fraction of sp³-hybridized carbons (Fsp3) is 0.455. The molecule has 0 amide bonds. The van der Waals surface area contributed by atoms with E-state index in [1.54, 1.807) is 13.0 Å². The van der Waals surface area contributed by atoms with E-state index in [4.69, 9.17) is 15.6 Å². The standard InChI is InChI=1S/C11H18N2O4S/c1-3-17-10-5-4-9(12)8-11(10)18(15,16)13(2)6-7-14/h4-5,8,14H,3,6-7,12H2,1-2H3. The summed E-state index contributed by atoms with van der Waals surface area (Å²) in [4.78, 5) is 0.0142. The van der Waals surface area contributed by atoms with Crippen LogP contribution in [0.25, 0.3) is 0 Å². The summed E-state index contributed by atoms with van der Waals surface area (Å²) in [5.74, 6) is 0.261. The van der Waals surface area contributed by atoms with Crippen LogP contribution in [-0.2, 0) is 10.0 Å². The first-order valence-electron chi connectivity index (χ1n) is 5.53. The monoisotopic (exact) mass is 274 g/mol. The van der Waals surface area contributed by atoms with Gasteiger partial charge in [0.2, 0.25) is 10.0 Å². The fourth-order valence-electron chi connectivity index (χ4n) is 1.43. The van der Waals surface area contributed by atoms with E-state index >= 15 is 0 Å². The van der Waals surface area contributed by atoms with Crippen molar-refractivity contribution in [2.75, 3.05) is 32.5 Å². The Morgan fingerprint density at radius 1 is 1.44 bits per heavy atom. The maximum Gasteiger partial charge on any atom is 0.246 e. The van der Waals surface area contributed by atoms with Gasteiger partial charge < -0.3 is 15.6 Å². The third-order valence-electron chi connectivity index (χ3n) is 2.37. The van der Waals surface area contributed by atoms with Crippen LogP contribution in [0.5, 0.6) is 5.75 Å². The van der Waals surface area contributed by atoms with Crippen molar-refractivity contribution in [1.29, 1.82) is 0 Å². The number of aliphatic hydroxyl groups is 1. The maximum atomic E-state index is 12.2. The van der Waals surface area contributed by atoms with Gasteiger partial charge in [0.05, 0.1) is 13.2 Å². The van der Waals surface area contributed by atoms with Gasteiger partial charge in [-0.3, -0.25) is 0 Å². The van der Waals surface area contributed by atoms with Gasteiger partial charge in [0.1, 0.15) is 10.6 Å². The number of likely N-dealkylation sites (N-methyl/N-ethyl adjacent to an activating group) is 1. The van der Waals surface area contributed by atoms with Gasteiger partial charge in [-0.2, -0.15) is 4.31 Å². The molecule has 0 aliphatic carbocycles. The molecule has 0 heterocycles. The van der Waals surface area contributed by atoms with E-state index in [0.29, 0.717) is 12.3 Å². The predicted molar refractivity (Wildman–Crippen MR) is 68.9 cm³/mol. The van der Waals surface area contributed by atoms with E-state index in [9.17, 15) is 8.42 Å². The van der Waals surface area contributed by atoms with Crippen molar-refractivity contribution >= 4 is 15.7 Å². The molecule has 0 saturated carbocycles. The predicted octanol–water partition coefficient (Wildman–Crippen LogP) is 0.280. The minimum absolute atomic E-state index is 0.0142. The number of anilines is 1. The zero-order chi connectivity index (χ0) is 13.8.